The van der Waals surface area contributed by atoms with Crippen molar-refractivity contribution in [2.24, 2.45) is 0 Å². The summed E-state index contributed by atoms with van der Waals surface area (Å²) in [7, 11) is 0. The van der Waals surface area contributed by atoms with Crippen LogP contribution >= 0.6 is 11.3 Å². The van der Waals surface area contributed by atoms with Crippen molar-refractivity contribution in [2.45, 2.75) is 38.8 Å². The fraction of sp³-hybridized carbons (Fsp3) is 0.240. The van der Waals surface area contributed by atoms with Gasteiger partial charge in [-0.25, -0.2) is 4.98 Å². The molecule has 2 aromatic carbocycles. The number of nitrogens with zero attached hydrogens (tertiary/aromatic N) is 2. The molecule has 5 rings (SSSR count). The van der Waals surface area contributed by atoms with Crippen molar-refractivity contribution in [3.8, 4) is 11.1 Å². The minimum atomic E-state index is -0.0964. The van der Waals surface area contributed by atoms with Gasteiger partial charge < -0.3 is 5.32 Å². The topological polar surface area (TPSA) is 64.0 Å². The lowest BCUT2D eigenvalue weighted by molar-refractivity contribution is -0.122. The lowest BCUT2D eigenvalue weighted by Crippen LogP contribution is -2.29. The molecular weight excluding hydrogens is 406 g/mol. The zero-order chi connectivity index (χ0) is 21.4. The van der Waals surface area contributed by atoms with E-state index in [2.05, 4.69) is 22.4 Å². The standard InChI is InChI=1S/C25H23N3O2S/c1-16-6-8-18(9-7-16)20-14-31-24-23(20)25(30)28(15-26-24)13-12-22(29)27-21-11-10-17-4-2-3-5-19(17)21/h2-9,14-15,21H,10-13H2,1H3,(H,27,29). The first-order chi connectivity index (χ1) is 15.1. The van der Waals surface area contributed by atoms with Crippen LogP contribution in [-0.4, -0.2) is 15.5 Å². The van der Waals surface area contributed by atoms with Gasteiger partial charge in [0, 0.05) is 23.9 Å². The van der Waals surface area contributed by atoms with E-state index >= 15 is 0 Å². The van der Waals surface area contributed by atoms with Crippen LogP contribution in [0.1, 0.15) is 35.6 Å². The van der Waals surface area contributed by atoms with Gasteiger partial charge in [0.2, 0.25) is 5.91 Å². The zero-order valence-electron chi connectivity index (χ0n) is 17.3. The Morgan fingerprint density at radius 1 is 1.19 bits per heavy atom. The number of benzene rings is 2. The van der Waals surface area contributed by atoms with Gasteiger partial charge >= 0.3 is 0 Å². The molecule has 1 N–H and O–H groups in total. The zero-order valence-corrected chi connectivity index (χ0v) is 18.1. The van der Waals surface area contributed by atoms with Gasteiger partial charge in [0.15, 0.2) is 0 Å². The Morgan fingerprint density at radius 2 is 2.00 bits per heavy atom. The summed E-state index contributed by atoms with van der Waals surface area (Å²) < 4.78 is 1.55. The number of fused-ring (bicyclic) bond motifs is 2. The maximum atomic E-state index is 13.2. The summed E-state index contributed by atoms with van der Waals surface area (Å²) in [5, 5.41) is 5.74. The lowest BCUT2D eigenvalue weighted by atomic mass is 10.1. The molecule has 31 heavy (non-hydrogen) atoms. The van der Waals surface area contributed by atoms with Crippen molar-refractivity contribution in [3.05, 3.63) is 87.3 Å². The average molecular weight is 430 g/mol. The van der Waals surface area contributed by atoms with Crippen LogP contribution in [-0.2, 0) is 17.8 Å². The van der Waals surface area contributed by atoms with E-state index in [1.807, 2.05) is 48.7 Å². The van der Waals surface area contributed by atoms with Gasteiger partial charge in [0.05, 0.1) is 17.8 Å². The van der Waals surface area contributed by atoms with Crippen LogP contribution in [0, 0.1) is 6.92 Å². The van der Waals surface area contributed by atoms with Crippen LogP contribution < -0.4 is 10.9 Å². The molecule has 1 atom stereocenters. The highest BCUT2D eigenvalue weighted by Gasteiger charge is 2.23. The second-order valence-corrected chi connectivity index (χ2v) is 8.90. The first-order valence-electron chi connectivity index (χ1n) is 10.5. The summed E-state index contributed by atoms with van der Waals surface area (Å²) in [6.45, 7) is 2.35. The van der Waals surface area contributed by atoms with Gasteiger partial charge in [-0.05, 0) is 36.5 Å². The number of thiophene rings is 1. The second-order valence-electron chi connectivity index (χ2n) is 8.05. The van der Waals surface area contributed by atoms with Crippen LogP contribution in [0.2, 0.25) is 0 Å². The minimum Gasteiger partial charge on any atom is -0.349 e. The molecule has 0 bridgehead atoms. The molecule has 0 saturated carbocycles. The van der Waals surface area contributed by atoms with E-state index in [1.165, 1.54) is 28.0 Å². The summed E-state index contributed by atoms with van der Waals surface area (Å²) in [4.78, 5) is 30.9. The second kappa shape index (κ2) is 8.12. The predicted molar refractivity (Wildman–Crippen MR) is 124 cm³/mol. The highest BCUT2D eigenvalue weighted by molar-refractivity contribution is 7.17. The molecule has 0 fully saturated rings. The van der Waals surface area contributed by atoms with E-state index in [0.717, 1.165) is 28.8 Å². The van der Waals surface area contributed by atoms with E-state index in [1.54, 1.807) is 10.9 Å². The number of hydrogen-bond donors (Lipinski definition) is 1. The minimum absolute atomic E-state index is 0.0437. The van der Waals surface area contributed by atoms with Crippen molar-refractivity contribution >= 4 is 27.5 Å². The normalized spacial score (nSPS) is 15.2. The fourth-order valence-electron chi connectivity index (χ4n) is 4.27. The van der Waals surface area contributed by atoms with Crippen LogP contribution in [0.3, 0.4) is 0 Å². The van der Waals surface area contributed by atoms with Crippen LogP contribution in [0.15, 0.2) is 65.0 Å². The largest absolute Gasteiger partial charge is 0.349 e. The number of carbonyl (C=O) groups is 1. The lowest BCUT2D eigenvalue weighted by Gasteiger charge is -2.14. The van der Waals surface area contributed by atoms with Crippen molar-refractivity contribution in [1.82, 2.24) is 14.9 Å². The molecule has 156 valence electrons. The highest BCUT2D eigenvalue weighted by atomic mass is 32.1. The van der Waals surface area contributed by atoms with Gasteiger partial charge in [-0.3, -0.25) is 14.2 Å². The van der Waals surface area contributed by atoms with Gasteiger partial charge in [0.25, 0.3) is 5.56 Å². The molecule has 5 nitrogen and oxygen atoms in total. The van der Waals surface area contributed by atoms with Crippen molar-refractivity contribution in [3.63, 3.8) is 0 Å². The average Bonchev–Trinajstić information content (AvgIpc) is 3.39. The molecule has 0 radical (unpaired) electrons. The number of aromatic nitrogens is 2. The number of aryl methyl sites for hydroxylation is 3. The Morgan fingerprint density at radius 3 is 2.84 bits per heavy atom. The molecule has 4 aromatic rings. The molecule has 0 aliphatic heterocycles. The smallest absolute Gasteiger partial charge is 0.262 e. The highest BCUT2D eigenvalue weighted by Crippen LogP contribution is 2.31. The Hall–Kier alpha value is -3.25. The third-order valence-corrected chi connectivity index (χ3v) is 6.86. The SMILES string of the molecule is Cc1ccc(-c2csc3ncn(CCC(=O)NC4CCc5ccccc54)c(=O)c23)cc1. The Balaban J connectivity index is 1.33. The van der Waals surface area contributed by atoms with Crippen molar-refractivity contribution in [2.75, 3.05) is 0 Å². The van der Waals surface area contributed by atoms with Crippen LogP contribution in [0.5, 0.6) is 0 Å². The first-order valence-corrected chi connectivity index (χ1v) is 11.4. The third-order valence-electron chi connectivity index (χ3n) is 5.97. The molecule has 6 heteroatoms. The van der Waals surface area contributed by atoms with E-state index in [-0.39, 0.29) is 23.9 Å². The fourth-order valence-corrected chi connectivity index (χ4v) is 5.17. The maximum Gasteiger partial charge on any atom is 0.262 e. The molecule has 1 aliphatic carbocycles. The molecule has 0 spiro atoms. The molecule has 2 heterocycles. The summed E-state index contributed by atoms with van der Waals surface area (Å²) >= 11 is 1.47. The Labute approximate surface area is 184 Å². The summed E-state index contributed by atoms with van der Waals surface area (Å²) in [6, 6.07) is 16.4. The molecule has 1 aliphatic rings. The number of carbonyl (C=O) groups excluding carboxylic acids is 1. The quantitative estimate of drug-likeness (QED) is 0.503. The maximum absolute atomic E-state index is 13.2. The van der Waals surface area contributed by atoms with E-state index < -0.39 is 0 Å². The van der Waals surface area contributed by atoms with Gasteiger partial charge in [0.1, 0.15) is 4.83 Å². The summed E-state index contributed by atoms with van der Waals surface area (Å²) in [5.41, 5.74) is 5.50. The molecule has 0 saturated heterocycles. The molecule has 1 amide bonds. The monoisotopic (exact) mass is 429 g/mol. The van der Waals surface area contributed by atoms with Gasteiger partial charge in [-0.1, -0.05) is 54.1 Å². The van der Waals surface area contributed by atoms with Crippen molar-refractivity contribution in [1.29, 1.82) is 0 Å². The van der Waals surface area contributed by atoms with Crippen LogP contribution in [0.25, 0.3) is 21.3 Å². The summed E-state index contributed by atoms with van der Waals surface area (Å²) in [6.07, 6.45) is 3.71. The van der Waals surface area contributed by atoms with E-state index in [9.17, 15) is 9.59 Å². The molecular formula is C25H23N3O2S. The van der Waals surface area contributed by atoms with E-state index in [4.69, 9.17) is 0 Å². The van der Waals surface area contributed by atoms with Gasteiger partial charge in [-0.2, -0.15) is 0 Å². The number of amides is 1. The first kappa shape index (κ1) is 19.7. The van der Waals surface area contributed by atoms with Crippen molar-refractivity contribution < 1.29 is 4.79 Å². The number of hydrogen-bond acceptors (Lipinski definition) is 4. The number of rotatable bonds is 5. The third kappa shape index (κ3) is 3.79. The Kier molecular flexibility index (Phi) is 5.16. The van der Waals surface area contributed by atoms with Crippen LogP contribution in [0.4, 0.5) is 0 Å². The van der Waals surface area contributed by atoms with E-state index in [0.29, 0.717) is 11.9 Å². The number of nitrogens with one attached hydrogen (secondary N) is 1. The van der Waals surface area contributed by atoms with Gasteiger partial charge in [-0.15, -0.1) is 11.3 Å². The molecule has 2 aromatic heterocycles. The molecule has 1 unspecified atom stereocenters. The Bertz CT molecular complexity index is 1320. The summed E-state index contributed by atoms with van der Waals surface area (Å²) in [5.74, 6) is -0.0437. The predicted octanol–water partition coefficient (Wildman–Crippen LogP) is 4.63.